The minimum atomic E-state index is -0.243. The largest absolute Gasteiger partial charge is 0.396 e. The molecular formula is C15H18N6O3. The highest BCUT2D eigenvalue weighted by Crippen LogP contribution is 2.26. The van der Waals surface area contributed by atoms with Crippen molar-refractivity contribution in [3.8, 4) is 0 Å². The van der Waals surface area contributed by atoms with E-state index >= 15 is 0 Å². The fraction of sp³-hybridized carbons (Fsp3) is 0.533. The zero-order chi connectivity index (χ0) is 16.7. The van der Waals surface area contributed by atoms with Gasteiger partial charge in [-0.25, -0.2) is 9.50 Å². The SMILES string of the molecule is O=C1CCC2CN(C(=O)c3nc4ncc(CCO)cn4n3)CC2N1. The standard InChI is InChI=1S/C15H18N6O3/c22-4-3-9-5-16-15-18-13(19-21(15)6-9)14(24)20-7-10-1-2-12(23)17-11(10)8-20/h5-6,10-11,22H,1-4,7-8H2,(H,17,23). The van der Waals surface area contributed by atoms with Gasteiger partial charge in [-0.05, 0) is 24.3 Å². The van der Waals surface area contributed by atoms with Crippen molar-refractivity contribution in [2.45, 2.75) is 25.3 Å². The number of aliphatic hydroxyl groups is 1. The maximum atomic E-state index is 12.7. The van der Waals surface area contributed by atoms with Gasteiger partial charge in [0, 0.05) is 38.5 Å². The number of hydrogen-bond acceptors (Lipinski definition) is 6. The van der Waals surface area contributed by atoms with E-state index in [1.54, 1.807) is 17.3 Å². The third-order valence-electron chi connectivity index (χ3n) is 4.66. The van der Waals surface area contributed by atoms with Crippen LogP contribution < -0.4 is 5.32 Å². The number of nitrogens with one attached hydrogen (secondary N) is 1. The topological polar surface area (TPSA) is 113 Å². The van der Waals surface area contributed by atoms with E-state index in [9.17, 15) is 9.59 Å². The van der Waals surface area contributed by atoms with Crippen LogP contribution in [0.25, 0.3) is 5.78 Å². The molecule has 2 saturated heterocycles. The van der Waals surface area contributed by atoms with Crippen LogP contribution in [0.3, 0.4) is 0 Å². The first-order chi connectivity index (χ1) is 11.6. The van der Waals surface area contributed by atoms with Crippen molar-refractivity contribution in [2.75, 3.05) is 19.7 Å². The van der Waals surface area contributed by atoms with Crippen molar-refractivity contribution < 1.29 is 14.7 Å². The Morgan fingerprint density at radius 2 is 2.29 bits per heavy atom. The quantitative estimate of drug-likeness (QED) is 0.747. The number of likely N-dealkylation sites (tertiary alicyclic amines) is 1. The first-order valence-corrected chi connectivity index (χ1v) is 8.05. The number of carbonyl (C=O) groups excluding carboxylic acids is 2. The molecule has 9 heteroatoms. The molecule has 0 bridgehead atoms. The maximum Gasteiger partial charge on any atom is 0.293 e. The maximum absolute atomic E-state index is 12.7. The van der Waals surface area contributed by atoms with Crippen molar-refractivity contribution in [2.24, 2.45) is 5.92 Å². The van der Waals surface area contributed by atoms with Gasteiger partial charge in [0.1, 0.15) is 0 Å². The summed E-state index contributed by atoms with van der Waals surface area (Å²) in [6, 6.07) is 0.0292. The van der Waals surface area contributed by atoms with Gasteiger partial charge in [-0.3, -0.25) is 9.59 Å². The number of aromatic nitrogens is 4. The van der Waals surface area contributed by atoms with Crippen LogP contribution >= 0.6 is 0 Å². The monoisotopic (exact) mass is 330 g/mol. The van der Waals surface area contributed by atoms with E-state index in [2.05, 4.69) is 20.4 Å². The van der Waals surface area contributed by atoms with Crippen molar-refractivity contribution >= 4 is 17.6 Å². The smallest absolute Gasteiger partial charge is 0.293 e. The van der Waals surface area contributed by atoms with Crippen LogP contribution in [0.15, 0.2) is 12.4 Å². The van der Waals surface area contributed by atoms with E-state index in [4.69, 9.17) is 5.11 Å². The summed E-state index contributed by atoms with van der Waals surface area (Å²) in [6.45, 7) is 1.13. The zero-order valence-corrected chi connectivity index (χ0v) is 13.1. The second-order valence-corrected chi connectivity index (χ2v) is 6.30. The number of aliphatic hydroxyl groups excluding tert-OH is 1. The molecule has 2 aliphatic rings. The summed E-state index contributed by atoms with van der Waals surface area (Å²) < 4.78 is 1.46. The molecule has 9 nitrogen and oxygen atoms in total. The number of fused-ring (bicyclic) bond motifs is 2. The Labute approximate surface area is 137 Å². The molecule has 2 aromatic heterocycles. The molecule has 2 unspecified atom stereocenters. The fourth-order valence-electron chi connectivity index (χ4n) is 3.40. The number of amides is 2. The van der Waals surface area contributed by atoms with Crippen molar-refractivity contribution in [3.05, 3.63) is 23.8 Å². The van der Waals surface area contributed by atoms with Crippen LogP contribution in [-0.4, -0.2) is 67.1 Å². The number of rotatable bonds is 3. The van der Waals surface area contributed by atoms with Gasteiger partial charge in [0.2, 0.25) is 11.7 Å². The van der Waals surface area contributed by atoms with Crippen LogP contribution in [0.1, 0.15) is 29.0 Å². The minimum absolute atomic E-state index is 0.0238. The molecule has 0 radical (unpaired) electrons. The first-order valence-electron chi connectivity index (χ1n) is 8.05. The van der Waals surface area contributed by atoms with E-state index in [1.807, 2.05) is 0 Å². The average molecular weight is 330 g/mol. The molecule has 24 heavy (non-hydrogen) atoms. The van der Waals surface area contributed by atoms with E-state index in [1.165, 1.54) is 4.52 Å². The van der Waals surface area contributed by atoms with E-state index < -0.39 is 0 Å². The number of piperidine rings is 1. The van der Waals surface area contributed by atoms with Gasteiger partial charge in [-0.1, -0.05) is 0 Å². The van der Waals surface area contributed by atoms with Crippen LogP contribution in [0.2, 0.25) is 0 Å². The molecule has 0 saturated carbocycles. The summed E-state index contributed by atoms with van der Waals surface area (Å²) in [7, 11) is 0. The molecule has 126 valence electrons. The highest BCUT2D eigenvalue weighted by Gasteiger charge is 2.39. The van der Waals surface area contributed by atoms with Crippen LogP contribution in [-0.2, 0) is 11.2 Å². The van der Waals surface area contributed by atoms with Gasteiger partial charge in [0.25, 0.3) is 11.7 Å². The van der Waals surface area contributed by atoms with Gasteiger partial charge in [-0.2, -0.15) is 4.98 Å². The Morgan fingerprint density at radius 3 is 3.12 bits per heavy atom. The number of carbonyl (C=O) groups is 2. The molecule has 4 heterocycles. The molecule has 0 aliphatic carbocycles. The van der Waals surface area contributed by atoms with Gasteiger partial charge in [0.05, 0.1) is 6.04 Å². The lowest BCUT2D eigenvalue weighted by molar-refractivity contribution is -0.123. The zero-order valence-electron chi connectivity index (χ0n) is 13.1. The van der Waals surface area contributed by atoms with E-state index in [0.29, 0.717) is 37.6 Å². The van der Waals surface area contributed by atoms with Crippen LogP contribution in [0, 0.1) is 5.92 Å². The second kappa shape index (κ2) is 5.82. The Morgan fingerprint density at radius 1 is 1.42 bits per heavy atom. The van der Waals surface area contributed by atoms with E-state index in [0.717, 1.165) is 12.0 Å². The fourth-order valence-corrected chi connectivity index (χ4v) is 3.40. The van der Waals surface area contributed by atoms with Crippen LogP contribution in [0.4, 0.5) is 0 Å². The summed E-state index contributed by atoms with van der Waals surface area (Å²) in [5.41, 5.74) is 0.823. The summed E-state index contributed by atoms with van der Waals surface area (Å²) >= 11 is 0. The predicted octanol–water partition coefficient (Wildman–Crippen LogP) is -0.990. The van der Waals surface area contributed by atoms with Gasteiger partial charge in [-0.15, -0.1) is 5.10 Å². The van der Waals surface area contributed by atoms with Crippen molar-refractivity contribution in [3.63, 3.8) is 0 Å². The third kappa shape index (κ3) is 2.60. The molecule has 4 rings (SSSR count). The third-order valence-corrected chi connectivity index (χ3v) is 4.66. The lowest BCUT2D eigenvalue weighted by Crippen LogP contribution is -2.44. The Balaban J connectivity index is 1.54. The Bertz CT molecular complexity index is 804. The number of nitrogens with zero attached hydrogens (tertiary/aromatic N) is 5. The molecule has 2 N–H and O–H groups in total. The summed E-state index contributed by atoms with van der Waals surface area (Å²) in [5, 5.41) is 16.1. The lowest BCUT2D eigenvalue weighted by Gasteiger charge is -2.24. The van der Waals surface area contributed by atoms with Gasteiger partial charge in [0.15, 0.2) is 0 Å². The molecule has 0 spiro atoms. The van der Waals surface area contributed by atoms with Crippen LogP contribution in [0.5, 0.6) is 0 Å². The molecular weight excluding hydrogens is 312 g/mol. The second-order valence-electron chi connectivity index (χ2n) is 6.30. The summed E-state index contributed by atoms with van der Waals surface area (Å²) in [5.74, 6) is 0.571. The van der Waals surface area contributed by atoms with Gasteiger partial charge < -0.3 is 15.3 Å². The summed E-state index contributed by atoms with van der Waals surface area (Å²) in [6.07, 6.45) is 5.14. The van der Waals surface area contributed by atoms with Crippen molar-refractivity contribution in [1.82, 2.24) is 29.8 Å². The van der Waals surface area contributed by atoms with Crippen molar-refractivity contribution in [1.29, 1.82) is 0 Å². The predicted molar refractivity (Wildman–Crippen MR) is 82.1 cm³/mol. The highest BCUT2D eigenvalue weighted by atomic mass is 16.3. The molecule has 2 atom stereocenters. The Hall–Kier alpha value is -2.55. The normalized spacial score (nSPS) is 23.4. The number of hydrogen-bond donors (Lipinski definition) is 2. The average Bonchev–Trinajstić information content (AvgIpc) is 3.17. The summed E-state index contributed by atoms with van der Waals surface area (Å²) in [4.78, 5) is 34.2. The molecule has 2 aromatic rings. The molecule has 2 fully saturated rings. The molecule has 2 amide bonds. The lowest BCUT2D eigenvalue weighted by atomic mass is 9.94. The molecule has 0 aromatic carbocycles. The van der Waals surface area contributed by atoms with E-state index in [-0.39, 0.29) is 30.3 Å². The molecule has 2 aliphatic heterocycles. The minimum Gasteiger partial charge on any atom is -0.396 e. The highest BCUT2D eigenvalue weighted by molar-refractivity contribution is 5.91. The van der Waals surface area contributed by atoms with Gasteiger partial charge >= 0.3 is 0 Å². The Kier molecular flexibility index (Phi) is 3.64. The first kappa shape index (κ1) is 15.0.